The lowest BCUT2D eigenvalue weighted by Crippen LogP contribution is -2.50. The van der Waals surface area contributed by atoms with Gasteiger partial charge in [0.05, 0.1) is 0 Å². The van der Waals surface area contributed by atoms with Crippen LogP contribution in [-0.2, 0) is 14.4 Å². The standard InChI is InChI=1S/C19H28N4O3/c1-4-21(5-2)17-8-6-16(7-9-17)20-18(25)14-19(26)23-12-10-22(11-13-23)15(3)24/h6-9H,4-5,10-14H2,1-3H3,(H,20,25). The highest BCUT2D eigenvalue weighted by Gasteiger charge is 2.23. The van der Waals surface area contributed by atoms with Gasteiger partial charge >= 0.3 is 0 Å². The van der Waals surface area contributed by atoms with Crippen molar-refractivity contribution in [3.8, 4) is 0 Å². The van der Waals surface area contributed by atoms with Crippen molar-refractivity contribution >= 4 is 29.1 Å². The molecule has 3 amide bonds. The number of rotatable bonds is 6. The Kier molecular flexibility index (Phi) is 7.00. The van der Waals surface area contributed by atoms with E-state index in [1.165, 1.54) is 6.92 Å². The number of benzene rings is 1. The molecule has 1 aliphatic heterocycles. The largest absolute Gasteiger partial charge is 0.372 e. The zero-order valence-corrected chi connectivity index (χ0v) is 15.8. The minimum absolute atomic E-state index is 0.0167. The number of piperazine rings is 1. The van der Waals surface area contributed by atoms with Crippen LogP contribution in [0.4, 0.5) is 11.4 Å². The van der Waals surface area contributed by atoms with Crippen molar-refractivity contribution < 1.29 is 14.4 Å². The van der Waals surface area contributed by atoms with Gasteiger partial charge in [-0.3, -0.25) is 14.4 Å². The van der Waals surface area contributed by atoms with Crippen LogP contribution < -0.4 is 10.2 Å². The third-order valence-corrected chi connectivity index (χ3v) is 4.67. The smallest absolute Gasteiger partial charge is 0.233 e. The molecule has 0 atom stereocenters. The van der Waals surface area contributed by atoms with Gasteiger partial charge < -0.3 is 20.0 Å². The van der Waals surface area contributed by atoms with Gasteiger partial charge in [-0.1, -0.05) is 0 Å². The molecule has 7 nitrogen and oxygen atoms in total. The van der Waals surface area contributed by atoms with Gasteiger partial charge in [0.1, 0.15) is 6.42 Å². The second kappa shape index (κ2) is 9.22. The second-order valence-corrected chi connectivity index (χ2v) is 6.33. The highest BCUT2D eigenvalue weighted by Crippen LogP contribution is 2.18. The van der Waals surface area contributed by atoms with Crippen molar-refractivity contribution in [3.05, 3.63) is 24.3 Å². The van der Waals surface area contributed by atoms with Crippen LogP contribution >= 0.6 is 0 Å². The maximum atomic E-state index is 12.3. The van der Waals surface area contributed by atoms with E-state index in [-0.39, 0.29) is 24.1 Å². The molecule has 2 rings (SSSR count). The Morgan fingerprint density at radius 2 is 1.50 bits per heavy atom. The van der Waals surface area contributed by atoms with Gasteiger partial charge in [-0.15, -0.1) is 0 Å². The first kappa shape index (κ1) is 19.8. The Morgan fingerprint density at radius 1 is 0.962 bits per heavy atom. The summed E-state index contributed by atoms with van der Waals surface area (Å²) in [5.41, 5.74) is 1.78. The summed E-state index contributed by atoms with van der Waals surface area (Å²) < 4.78 is 0. The van der Waals surface area contributed by atoms with E-state index in [2.05, 4.69) is 24.1 Å². The summed E-state index contributed by atoms with van der Waals surface area (Å²) in [6.45, 7) is 9.57. The van der Waals surface area contributed by atoms with E-state index in [0.29, 0.717) is 31.9 Å². The molecule has 0 bridgehead atoms. The topological polar surface area (TPSA) is 73.0 Å². The van der Waals surface area contributed by atoms with E-state index in [1.54, 1.807) is 9.80 Å². The minimum atomic E-state index is -0.320. The molecular weight excluding hydrogens is 332 g/mol. The van der Waals surface area contributed by atoms with Crippen LogP contribution in [0.15, 0.2) is 24.3 Å². The molecule has 26 heavy (non-hydrogen) atoms. The zero-order valence-electron chi connectivity index (χ0n) is 15.8. The molecule has 0 saturated carbocycles. The molecule has 1 heterocycles. The van der Waals surface area contributed by atoms with E-state index >= 15 is 0 Å². The zero-order chi connectivity index (χ0) is 19.1. The monoisotopic (exact) mass is 360 g/mol. The molecule has 1 aromatic rings. The molecular formula is C19H28N4O3. The molecule has 1 fully saturated rings. The lowest BCUT2D eigenvalue weighted by molar-refractivity contribution is -0.140. The van der Waals surface area contributed by atoms with E-state index in [0.717, 1.165) is 18.8 Å². The lowest BCUT2D eigenvalue weighted by Gasteiger charge is -2.34. The number of nitrogens with one attached hydrogen (secondary N) is 1. The first-order valence-electron chi connectivity index (χ1n) is 9.12. The summed E-state index contributed by atoms with van der Waals surface area (Å²) in [6.07, 6.45) is -0.183. The quantitative estimate of drug-likeness (QED) is 0.782. The molecule has 0 spiro atoms. The summed E-state index contributed by atoms with van der Waals surface area (Å²) in [7, 11) is 0. The maximum Gasteiger partial charge on any atom is 0.233 e. The Bertz CT molecular complexity index is 633. The fourth-order valence-corrected chi connectivity index (χ4v) is 3.07. The third kappa shape index (κ3) is 5.21. The first-order chi connectivity index (χ1) is 12.4. The molecule has 142 valence electrons. The van der Waals surface area contributed by atoms with Crippen LogP contribution in [0.25, 0.3) is 0 Å². The Labute approximate surface area is 154 Å². The molecule has 1 saturated heterocycles. The highest BCUT2D eigenvalue weighted by molar-refractivity contribution is 6.03. The summed E-state index contributed by atoms with van der Waals surface area (Å²) >= 11 is 0. The van der Waals surface area contributed by atoms with Gasteiger partial charge in [0, 0.05) is 57.6 Å². The van der Waals surface area contributed by atoms with Crippen LogP contribution in [0.5, 0.6) is 0 Å². The SMILES string of the molecule is CCN(CC)c1ccc(NC(=O)CC(=O)N2CCN(C(C)=O)CC2)cc1. The van der Waals surface area contributed by atoms with Crippen molar-refractivity contribution in [1.29, 1.82) is 0 Å². The van der Waals surface area contributed by atoms with Gasteiger partial charge in [0.25, 0.3) is 0 Å². The molecule has 1 N–H and O–H groups in total. The fraction of sp³-hybridized carbons (Fsp3) is 0.526. The fourth-order valence-electron chi connectivity index (χ4n) is 3.07. The van der Waals surface area contributed by atoms with Crippen LogP contribution in [0, 0.1) is 0 Å². The number of nitrogens with zero attached hydrogens (tertiary/aromatic N) is 3. The van der Waals surface area contributed by atoms with Gasteiger partial charge in [-0.25, -0.2) is 0 Å². The molecule has 0 radical (unpaired) electrons. The maximum absolute atomic E-state index is 12.3. The van der Waals surface area contributed by atoms with Crippen LogP contribution in [0.1, 0.15) is 27.2 Å². The average molecular weight is 360 g/mol. The first-order valence-corrected chi connectivity index (χ1v) is 9.12. The summed E-state index contributed by atoms with van der Waals surface area (Å²) in [6, 6.07) is 7.63. The Morgan fingerprint density at radius 3 is 2.00 bits per heavy atom. The summed E-state index contributed by atoms with van der Waals surface area (Å²) in [5, 5.41) is 2.77. The van der Waals surface area contributed by atoms with Gasteiger partial charge in [-0.2, -0.15) is 0 Å². The average Bonchev–Trinajstić information content (AvgIpc) is 2.64. The van der Waals surface area contributed by atoms with Crippen molar-refractivity contribution in [2.45, 2.75) is 27.2 Å². The predicted molar refractivity (Wildman–Crippen MR) is 102 cm³/mol. The third-order valence-electron chi connectivity index (χ3n) is 4.67. The molecule has 7 heteroatoms. The Hall–Kier alpha value is -2.57. The number of carbonyl (C=O) groups is 3. The molecule has 1 aromatic carbocycles. The molecule has 0 aromatic heterocycles. The number of hydrogen-bond donors (Lipinski definition) is 1. The minimum Gasteiger partial charge on any atom is -0.372 e. The van der Waals surface area contributed by atoms with E-state index < -0.39 is 0 Å². The normalized spacial score (nSPS) is 14.1. The number of anilines is 2. The van der Waals surface area contributed by atoms with Gasteiger partial charge in [-0.05, 0) is 38.1 Å². The Balaban J connectivity index is 1.83. The van der Waals surface area contributed by atoms with Crippen LogP contribution in [0.2, 0.25) is 0 Å². The number of carbonyl (C=O) groups excluding carboxylic acids is 3. The summed E-state index contributed by atoms with van der Waals surface area (Å²) in [5.74, 6) is -0.506. The number of amides is 3. The van der Waals surface area contributed by atoms with Crippen LogP contribution in [-0.4, -0.2) is 66.8 Å². The van der Waals surface area contributed by atoms with Crippen molar-refractivity contribution in [1.82, 2.24) is 9.80 Å². The summed E-state index contributed by atoms with van der Waals surface area (Å²) in [4.78, 5) is 41.3. The van der Waals surface area contributed by atoms with Gasteiger partial charge in [0.2, 0.25) is 17.7 Å². The van der Waals surface area contributed by atoms with Crippen LogP contribution in [0.3, 0.4) is 0 Å². The molecule has 0 aliphatic carbocycles. The predicted octanol–water partition coefficient (Wildman–Crippen LogP) is 1.55. The molecule has 1 aliphatic rings. The van der Waals surface area contributed by atoms with Gasteiger partial charge in [0.15, 0.2) is 0 Å². The number of hydrogen-bond acceptors (Lipinski definition) is 4. The lowest BCUT2D eigenvalue weighted by atomic mass is 10.2. The molecule has 0 unspecified atom stereocenters. The van der Waals surface area contributed by atoms with E-state index in [4.69, 9.17) is 0 Å². The highest BCUT2D eigenvalue weighted by atomic mass is 16.2. The van der Waals surface area contributed by atoms with E-state index in [1.807, 2.05) is 24.3 Å². The van der Waals surface area contributed by atoms with Crippen molar-refractivity contribution in [2.75, 3.05) is 49.5 Å². The van der Waals surface area contributed by atoms with Crippen molar-refractivity contribution in [2.24, 2.45) is 0 Å². The van der Waals surface area contributed by atoms with Crippen molar-refractivity contribution in [3.63, 3.8) is 0 Å². The second-order valence-electron chi connectivity index (χ2n) is 6.33. The van der Waals surface area contributed by atoms with E-state index in [9.17, 15) is 14.4 Å².